The molecule has 3 aromatic heterocycles. The zero-order valence-electron chi connectivity index (χ0n) is 8.34. The van der Waals surface area contributed by atoms with Crippen LogP contribution < -0.4 is 0 Å². The number of aromatic nitrogens is 3. The highest BCUT2D eigenvalue weighted by molar-refractivity contribution is 6.33. The Labute approximate surface area is 97.3 Å². The molecule has 3 nitrogen and oxygen atoms in total. The summed E-state index contributed by atoms with van der Waals surface area (Å²) in [5.74, 6) is 0.804. The van der Waals surface area contributed by atoms with E-state index >= 15 is 0 Å². The molecule has 0 bridgehead atoms. The second-order valence-electron chi connectivity index (χ2n) is 3.41. The molecule has 78 valence electrons. The van der Waals surface area contributed by atoms with Crippen molar-refractivity contribution in [3.63, 3.8) is 0 Å². The Hall–Kier alpha value is -1.87. The summed E-state index contributed by atoms with van der Waals surface area (Å²) >= 11 is 6.08. The highest BCUT2D eigenvalue weighted by Crippen LogP contribution is 2.22. The first kappa shape index (κ1) is 9.36. The van der Waals surface area contributed by atoms with E-state index in [9.17, 15) is 0 Å². The molecule has 0 N–H and O–H groups in total. The predicted molar refractivity (Wildman–Crippen MR) is 63.4 cm³/mol. The van der Waals surface area contributed by atoms with Crippen LogP contribution in [0.1, 0.15) is 0 Å². The van der Waals surface area contributed by atoms with Crippen molar-refractivity contribution in [2.75, 3.05) is 0 Å². The molecular weight excluding hydrogens is 222 g/mol. The minimum atomic E-state index is 0.692. The van der Waals surface area contributed by atoms with E-state index in [0.29, 0.717) is 5.02 Å². The second kappa shape index (κ2) is 3.61. The Bertz CT molecular complexity index is 631. The number of rotatable bonds is 1. The van der Waals surface area contributed by atoms with Crippen LogP contribution in [0.3, 0.4) is 0 Å². The van der Waals surface area contributed by atoms with Crippen molar-refractivity contribution in [2.45, 2.75) is 0 Å². The third-order valence-electron chi connectivity index (χ3n) is 2.41. The van der Waals surface area contributed by atoms with Gasteiger partial charge in [0.15, 0.2) is 5.82 Å². The first-order valence-corrected chi connectivity index (χ1v) is 5.27. The summed E-state index contributed by atoms with van der Waals surface area (Å²) in [5.41, 5.74) is 1.73. The highest BCUT2D eigenvalue weighted by Gasteiger charge is 2.08. The molecule has 0 atom stereocenters. The van der Waals surface area contributed by atoms with E-state index in [1.807, 2.05) is 40.9 Å². The molecule has 0 aliphatic heterocycles. The number of nitrogens with zero attached hydrogens (tertiary/aromatic N) is 3. The van der Waals surface area contributed by atoms with Crippen LogP contribution in [0.25, 0.3) is 17.0 Å². The number of imidazole rings is 1. The van der Waals surface area contributed by atoms with Crippen molar-refractivity contribution >= 4 is 17.1 Å². The molecule has 0 saturated heterocycles. The molecule has 16 heavy (non-hydrogen) atoms. The van der Waals surface area contributed by atoms with Crippen LogP contribution in [-0.4, -0.2) is 14.4 Å². The Morgan fingerprint density at radius 3 is 2.81 bits per heavy atom. The van der Waals surface area contributed by atoms with Gasteiger partial charge in [-0.05, 0) is 24.3 Å². The van der Waals surface area contributed by atoms with E-state index in [2.05, 4.69) is 9.97 Å². The lowest BCUT2D eigenvalue weighted by Crippen LogP contribution is -1.90. The number of halogens is 1. The van der Waals surface area contributed by atoms with Crippen LogP contribution in [0.4, 0.5) is 0 Å². The third kappa shape index (κ3) is 1.37. The van der Waals surface area contributed by atoms with Crippen LogP contribution in [0, 0.1) is 0 Å². The van der Waals surface area contributed by atoms with Gasteiger partial charge in [0.05, 0.1) is 16.7 Å². The van der Waals surface area contributed by atoms with Crippen LogP contribution in [0.5, 0.6) is 0 Å². The summed E-state index contributed by atoms with van der Waals surface area (Å²) in [5, 5.41) is 0.692. The quantitative estimate of drug-likeness (QED) is 0.642. The molecule has 0 aliphatic rings. The van der Waals surface area contributed by atoms with Gasteiger partial charge in [0.2, 0.25) is 0 Å². The van der Waals surface area contributed by atoms with E-state index in [1.165, 1.54) is 0 Å². The van der Waals surface area contributed by atoms with Crippen LogP contribution in [0.15, 0.2) is 48.9 Å². The average molecular weight is 230 g/mol. The van der Waals surface area contributed by atoms with Crippen LogP contribution in [0.2, 0.25) is 5.02 Å². The van der Waals surface area contributed by atoms with Gasteiger partial charge in [0.25, 0.3) is 0 Å². The maximum absolute atomic E-state index is 6.08. The van der Waals surface area contributed by atoms with E-state index in [-0.39, 0.29) is 0 Å². The summed E-state index contributed by atoms with van der Waals surface area (Å²) in [4.78, 5) is 8.62. The molecule has 0 spiro atoms. The smallest absolute Gasteiger partial charge is 0.163 e. The molecule has 3 rings (SSSR count). The van der Waals surface area contributed by atoms with Crippen molar-refractivity contribution in [1.82, 2.24) is 14.4 Å². The molecule has 3 aromatic rings. The number of hydrogen-bond donors (Lipinski definition) is 0. The first-order valence-electron chi connectivity index (χ1n) is 4.89. The van der Waals surface area contributed by atoms with Gasteiger partial charge in [-0.2, -0.15) is 0 Å². The summed E-state index contributed by atoms with van der Waals surface area (Å²) in [6, 6.07) is 9.49. The lowest BCUT2D eigenvalue weighted by molar-refractivity contribution is 1.13. The standard InChI is InChI=1S/C12H8ClN3/c13-9-4-3-7-16-11(9)8-15-12(16)10-5-1-2-6-14-10/h1-8H. The van der Waals surface area contributed by atoms with E-state index in [0.717, 1.165) is 17.0 Å². The molecule has 0 radical (unpaired) electrons. The summed E-state index contributed by atoms with van der Waals surface area (Å²) in [7, 11) is 0. The van der Waals surface area contributed by atoms with Crippen LogP contribution >= 0.6 is 11.6 Å². The lowest BCUT2D eigenvalue weighted by atomic mass is 10.3. The van der Waals surface area contributed by atoms with Gasteiger partial charge in [0.1, 0.15) is 5.69 Å². The molecule has 3 heterocycles. The van der Waals surface area contributed by atoms with Gasteiger partial charge in [-0.1, -0.05) is 17.7 Å². The minimum Gasteiger partial charge on any atom is -0.297 e. The molecular formula is C12H8ClN3. The van der Waals surface area contributed by atoms with Crippen molar-refractivity contribution in [1.29, 1.82) is 0 Å². The van der Waals surface area contributed by atoms with E-state index in [4.69, 9.17) is 11.6 Å². The first-order chi connectivity index (χ1) is 7.86. The minimum absolute atomic E-state index is 0.692. The zero-order valence-corrected chi connectivity index (χ0v) is 9.09. The Morgan fingerprint density at radius 2 is 2.00 bits per heavy atom. The van der Waals surface area contributed by atoms with Crippen LogP contribution in [-0.2, 0) is 0 Å². The second-order valence-corrected chi connectivity index (χ2v) is 3.82. The summed E-state index contributed by atoms with van der Waals surface area (Å²) in [6.45, 7) is 0. The fourth-order valence-corrected chi connectivity index (χ4v) is 1.88. The van der Waals surface area contributed by atoms with Gasteiger partial charge < -0.3 is 0 Å². The average Bonchev–Trinajstić information content (AvgIpc) is 2.75. The van der Waals surface area contributed by atoms with Gasteiger partial charge in [-0.25, -0.2) is 4.98 Å². The SMILES string of the molecule is Clc1cccn2c(-c3ccccn3)ncc12. The van der Waals surface area contributed by atoms with Gasteiger partial charge >= 0.3 is 0 Å². The van der Waals surface area contributed by atoms with Gasteiger partial charge in [-0.15, -0.1) is 0 Å². The summed E-state index contributed by atoms with van der Waals surface area (Å²) < 4.78 is 1.94. The van der Waals surface area contributed by atoms with Gasteiger partial charge in [0, 0.05) is 12.4 Å². The Kier molecular flexibility index (Phi) is 2.11. The fourth-order valence-electron chi connectivity index (χ4n) is 1.67. The Morgan fingerprint density at radius 1 is 1.06 bits per heavy atom. The highest BCUT2D eigenvalue weighted by atomic mass is 35.5. The van der Waals surface area contributed by atoms with Gasteiger partial charge in [-0.3, -0.25) is 9.38 Å². The topological polar surface area (TPSA) is 30.2 Å². The molecule has 0 unspecified atom stereocenters. The molecule has 0 fully saturated rings. The zero-order chi connectivity index (χ0) is 11.0. The maximum atomic E-state index is 6.08. The van der Waals surface area contributed by atoms with Crippen molar-refractivity contribution in [3.05, 3.63) is 53.9 Å². The normalized spacial score (nSPS) is 10.8. The van der Waals surface area contributed by atoms with Crippen molar-refractivity contribution in [2.24, 2.45) is 0 Å². The molecule has 0 amide bonds. The largest absolute Gasteiger partial charge is 0.297 e. The molecule has 0 aliphatic carbocycles. The predicted octanol–water partition coefficient (Wildman–Crippen LogP) is 3.05. The van der Waals surface area contributed by atoms with E-state index < -0.39 is 0 Å². The molecule has 4 heteroatoms. The third-order valence-corrected chi connectivity index (χ3v) is 2.73. The molecule has 0 saturated carbocycles. The lowest BCUT2D eigenvalue weighted by Gasteiger charge is -2.00. The monoisotopic (exact) mass is 229 g/mol. The van der Waals surface area contributed by atoms with E-state index in [1.54, 1.807) is 12.4 Å². The number of fused-ring (bicyclic) bond motifs is 1. The molecule has 0 aromatic carbocycles. The Balaban J connectivity index is 2.30. The maximum Gasteiger partial charge on any atom is 0.163 e. The number of hydrogen-bond acceptors (Lipinski definition) is 2. The van der Waals surface area contributed by atoms with Crippen molar-refractivity contribution < 1.29 is 0 Å². The van der Waals surface area contributed by atoms with Crippen molar-refractivity contribution in [3.8, 4) is 11.5 Å². The fraction of sp³-hybridized carbons (Fsp3) is 0. The number of pyridine rings is 2. The summed E-state index contributed by atoms with van der Waals surface area (Å²) in [6.07, 6.45) is 5.44.